The van der Waals surface area contributed by atoms with Gasteiger partial charge in [0.2, 0.25) is 11.8 Å². The molecule has 1 aliphatic carbocycles. The van der Waals surface area contributed by atoms with Crippen LogP contribution in [0.2, 0.25) is 0 Å². The highest BCUT2D eigenvalue weighted by Crippen LogP contribution is 2.42. The molecular formula is C32H30FN5O4. The van der Waals surface area contributed by atoms with Gasteiger partial charge in [0.05, 0.1) is 17.8 Å². The molecule has 2 aromatic heterocycles. The van der Waals surface area contributed by atoms with Gasteiger partial charge in [-0.2, -0.15) is 0 Å². The van der Waals surface area contributed by atoms with E-state index in [2.05, 4.69) is 15.6 Å². The van der Waals surface area contributed by atoms with E-state index in [0.717, 1.165) is 29.5 Å². The Hall–Kier alpha value is -4.86. The Kier molecular flexibility index (Phi) is 7.28. The number of aromatic nitrogens is 2. The van der Waals surface area contributed by atoms with Crippen molar-refractivity contribution >= 4 is 34.3 Å². The number of primary amides is 1. The Morgan fingerprint density at radius 1 is 1.05 bits per heavy atom. The van der Waals surface area contributed by atoms with Crippen LogP contribution in [0.3, 0.4) is 0 Å². The van der Waals surface area contributed by atoms with Gasteiger partial charge in [-0.25, -0.2) is 9.37 Å². The van der Waals surface area contributed by atoms with E-state index in [1.807, 2.05) is 25.1 Å². The lowest BCUT2D eigenvalue weighted by Gasteiger charge is -2.13. The number of nitrogens with one attached hydrogen (secondary N) is 2. The van der Waals surface area contributed by atoms with Crippen molar-refractivity contribution in [3.8, 4) is 17.0 Å². The predicted octanol–water partition coefficient (Wildman–Crippen LogP) is 4.42. The molecule has 0 spiro atoms. The van der Waals surface area contributed by atoms with Gasteiger partial charge in [0.1, 0.15) is 17.3 Å². The highest BCUT2D eigenvalue weighted by Gasteiger charge is 2.31. The summed E-state index contributed by atoms with van der Waals surface area (Å²) in [5.41, 5.74) is 10.6. The van der Waals surface area contributed by atoms with Crippen molar-refractivity contribution in [2.75, 3.05) is 18.5 Å². The first-order chi connectivity index (χ1) is 20.2. The Morgan fingerprint density at radius 2 is 1.83 bits per heavy atom. The van der Waals surface area contributed by atoms with Crippen molar-refractivity contribution in [1.82, 2.24) is 15.3 Å². The van der Waals surface area contributed by atoms with Crippen LogP contribution >= 0.6 is 0 Å². The van der Waals surface area contributed by atoms with Gasteiger partial charge in [-0.05, 0) is 68.3 Å². The lowest BCUT2D eigenvalue weighted by molar-refractivity contribution is -0.118. The van der Waals surface area contributed by atoms with Gasteiger partial charge >= 0.3 is 0 Å². The zero-order chi connectivity index (χ0) is 29.4. The molecule has 3 heterocycles. The fourth-order valence-electron chi connectivity index (χ4n) is 5.23. The number of benzene rings is 2. The molecule has 4 aromatic rings. The fourth-order valence-corrected chi connectivity index (χ4v) is 5.23. The van der Waals surface area contributed by atoms with Gasteiger partial charge in [0.25, 0.3) is 5.91 Å². The molecule has 3 amide bonds. The Bertz CT molecular complexity index is 1720. The monoisotopic (exact) mass is 567 g/mol. The number of hydrogen-bond acceptors (Lipinski definition) is 6. The van der Waals surface area contributed by atoms with Crippen molar-refractivity contribution < 1.29 is 23.5 Å². The van der Waals surface area contributed by atoms with Crippen molar-refractivity contribution in [2.45, 2.75) is 38.5 Å². The molecule has 9 nitrogen and oxygen atoms in total. The normalized spacial score (nSPS) is 15.6. The van der Waals surface area contributed by atoms with Crippen LogP contribution in [0.15, 0.2) is 54.6 Å². The molecule has 1 fully saturated rings. The van der Waals surface area contributed by atoms with Crippen LogP contribution < -0.4 is 21.1 Å². The average molecular weight is 568 g/mol. The zero-order valence-corrected chi connectivity index (χ0v) is 23.1. The number of rotatable bonds is 9. The number of fused-ring (bicyclic) bond motifs is 2. The summed E-state index contributed by atoms with van der Waals surface area (Å²) in [6.07, 6.45) is 2.26. The molecular weight excluding hydrogens is 537 g/mol. The summed E-state index contributed by atoms with van der Waals surface area (Å²) in [5, 5.41) is 6.66. The summed E-state index contributed by atoms with van der Waals surface area (Å²) in [7, 11) is 0. The highest BCUT2D eigenvalue weighted by atomic mass is 19.1. The van der Waals surface area contributed by atoms with E-state index in [4.69, 9.17) is 15.5 Å². The molecule has 0 unspecified atom stereocenters. The summed E-state index contributed by atoms with van der Waals surface area (Å²) >= 11 is 0. The minimum Gasteiger partial charge on any atom is -0.490 e. The molecule has 214 valence electrons. The summed E-state index contributed by atoms with van der Waals surface area (Å²) in [6.45, 7) is 2.45. The van der Waals surface area contributed by atoms with E-state index in [1.165, 1.54) is 12.1 Å². The lowest BCUT2D eigenvalue weighted by Crippen LogP contribution is -2.26. The minimum atomic E-state index is -0.432. The summed E-state index contributed by atoms with van der Waals surface area (Å²) in [6, 6.07) is 15.0. The first-order valence-corrected chi connectivity index (χ1v) is 14.0. The predicted molar refractivity (Wildman–Crippen MR) is 156 cm³/mol. The second kappa shape index (κ2) is 11.2. The standard InChI is InChI=1S/C32H30FN5O4/c1-17-2-3-20-12-21(13-26(28(20)36-17)38-32(41)19-4-5-19)31(40)35-11-10-24-15-25-22(14-27(34)39)16-42-30(25)29(37-24)18-6-8-23(33)9-7-18/h2-3,6-9,12-13,15,19,22H,4-5,10-11,14,16H2,1H3,(H2,34,39)(H,35,40)(H,38,41)/t22-/m1/s1. The van der Waals surface area contributed by atoms with E-state index in [-0.39, 0.29) is 42.4 Å². The fraction of sp³-hybridized carbons (Fsp3) is 0.281. The minimum absolute atomic E-state index is 0.00920. The topological polar surface area (TPSA) is 136 Å². The molecule has 10 heteroatoms. The van der Waals surface area contributed by atoms with Crippen LogP contribution in [0.1, 0.15) is 52.5 Å². The number of anilines is 1. The summed E-state index contributed by atoms with van der Waals surface area (Å²) in [4.78, 5) is 46.8. The molecule has 0 radical (unpaired) electrons. The third-order valence-corrected chi connectivity index (χ3v) is 7.56. The van der Waals surface area contributed by atoms with Crippen molar-refractivity contribution in [3.63, 3.8) is 0 Å². The largest absolute Gasteiger partial charge is 0.490 e. The van der Waals surface area contributed by atoms with Gasteiger partial charge in [0.15, 0.2) is 0 Å². The molecule has 6 rings (SSSR count). The number of pyridine rings is 2. The Morgan fingerprint density at radius 3 is 2.57 bits per heavy atom. The van der Waals surface area contributed by atoms with Crippen LogP contribution in [-0.4, -0.2) is 40.8 Å². The van der Waals surface area contributed by atoms with E-state index >= 15 is 0 Å². The van der Waals surface area contributed by atoms with Crippen LogP contribution in [-0.2, 0) is 16.0 Å². The molecule has 4 N–H and O–H groups in total. The maximum atomic E-state index is 13.6. The number of halogens is 1. The Labute approximate surface area is 241 Å². The molecule has 0 bridgehead atoms. The first-order valence-electron chi connectivity index (χ1n) is 14.0. The van der Waals surface area contributed by atoms with Crippen molar-refractivity contribution in [1.29, 1.82) is 0 Å². The second-order valence-electron chi connectivity index (χ2n) is 10.9. The van der Waals surface area contributed by atoms with Gasteiger partial charge in [-0.3, -0.25) is 19.4 Å². The number of hydrogen-bond donors (Lipinski definition) is 3. The van der Waals surface area contributed by atoms with Crippen LogP contribution in [0.5, 0.6) is 5.75 Å². The number of aryl methyl sites for hydroxylation is 1. The average Bonchev–Trinajstić information content (AvgIpc) is 3.75. The Balaban J connectivity index is 1.23. The van der Waals surface area contributed by atoms with E-state index in [9.17, 15) is 18.8 Å². The lowest BCUT2D eigenvalue weighted by atomic mass is 9.95. The van der Waals surface area contributed by atoms with E-state index in [1.54, 1.807) is 24.3 Å². The molecule has 0 saturated heterocycles. The zero-order valence-electron chi connectivity index (χ0n) is 23.1. The van der Waals surface area contributed by atoms with Gasteiger partial charge in [-0.1, -0.05) is 6.07 Å². The van der Waals surface area contributed by atoms with Gasteiger partial charge in [0, 0.05) is 64.7 Å². The summed E-state index contributed by atoms with van der Waals surface area (Å²) < 4.78 is 19.5. The number of amides is 3. The molecule has 1 saturated carbocycles. The quantitative estimate of drug-likeness (QED) is 0.274. The number of nitrogens with zero attached hydrogens (tertiary/aromatic N) is 2. The SMILES string of the molecule is Cc1ccc2cc(C(=O)NCCc3cc4c(c(-c5ccc(F)cc5)n3)OC[C@H]4CC(N)=O)cc(NC(=O)C3CC3)c2n1. The highest BCUT2D eigenvalue weighted by molar-refractivity contribution is 6.06. The van der Waals surface area contributed by atoms with Gasteiger partial charge in [-0.15, -0.1) is 0 Å². The maximum Gasteiger partial charge on any atom is 0.251 e. The number of carbonyl (C=O) groups is 3. The smallest absolute Gasteiger partial charge is 0.251 e. The van der Waals surface area contributed by atoms with Crippen LogP contribution in [0.25, 0.3) is 22.2 Å². The first kappa shape index (κ1) is 27.3. The van der Waals surface area contributed by atoms with E-state index < -0.39 is 5.91 Å². The van der Waals surface area contributed by atoms with Gasteiger partial charge < -0.3 is 21.1 Å². The van der Waals surface area contributed by atoms with Crippen molar-refractivity contribution in [2.24, 2.45) is 11.7 Å². The maximum absolute atomic E-state index is 13.6. The second-order valence-corrected chi connectivity index (χ2v) is 10.9. The molecule has 1 atom stereocenters. The third kappa shape index (κ3) is 5.79. The number of nitrogens with two attached hydrogens (primary N) is 1. The third-order valence-electron chi connectivity index (χ3n) is 7.56. The van der Waals surface area contributed by atoms with Crippen LogP contribution in [0.4, 0.5) is 10.1 Å². The number of carbonyl (C=O) groups excluding carboxylic acids is 3. The molecule has 1 aliphatic heterocycles. The molecule has 2 aliphatic rings. The van der Waals surface area contributed by atoms with Crippen LogP contribution in [0, 0.1) is 18.7 Å². The molecule has 2 aromatic carbocycles. The van der Waals surface area contributed by atoms with Crippen molar-refractivity contribution in [3.05, 3.63) is 82.9 Å². The number of ether oxygens (including phenoxy) is 1. The molecule has 42 heavy (non-hydrogen) atoms. The van der Waals surface area contributed by atoms with E-state index in [0.29, 0.717) is 52.5 Å². The summed E-state index contributed by atoms with van der Waals surface area (Å²) in [5.74, 6) is -0.802.